The highest BCUT2D eigenvalue weighted by Crippen LogP contribution is 2.38. The van der Waals surface area contributed by atoms with Crippen LogP contribution < -0.4 is 14.4 Å². The van der Waals surface area contributed by atoms with Crippen LogP contribution in [-0.2, 0) is 30.8 Å². The second-order valence-electron chi connectivity index (χ2n) is 11.9. The molecule has 2 aliphatic heterocycles. The molecule has 0 spiro atoms. The fourth-order valence-corrected chi connectivity index (χ4v) is 7.89. The molecule has 13 nitrogen and oxygen atoms in total. The van der Waals surface area contributed by atoms with Gasteiger partial charge in [-0.05, 0) is 44.9 Å². The minimum atomic E-state index is -5.08. The zero-order chi connectivity index (χ0) is 37.7. The van der Waals surface area contributed by atoms with Gasteiger partial charge in [-0.15, -0.1) is 11.3 Å². The first kappa shape index (κ1) is 40.0. The number of hydrogen-bond acceptors (Lipinski definition) is 10. The Kier molecular flexibility index (Phi) is 13.1. The summed E-state index contributed by atoms with van der Waals surface area (Å²) in [5, 5.41) is 11.2. The van der Waals surface area contributed by atoms with Crippen molar-refractivity contribution < 1.29 is 54.7 Å². The highest BCUT2D eigenvalue weighted by Gasteiger charge is 2.38. The van der Waals surface area contributed by atoms with E-state index in [4.69, 9.17) is 30.8 Å². The smallest absolute Gasteiger partial charge is 0.490 e. The molecule has 2 fully saturated rings. The second kappa shape index (κ2) is 16.7. The first-order chi connectivity index (χ1) is 23.9. The predicted molar refractivity (Wildman–Crippen MR) is 179 cm³/mol. The summed E-state index contributed by atoms with van der Waals surface area (Å²) in [7, 11) is -3.30. The number of thiophene rings is 1. The number of methoxy groups -OCH3 is 1. The molecule has 20 heteroatoms. The van der Waals surface area contributed by atoms with Gasteiger partial charge in [0, 0.05) is 63.7 Å². The fourth-order valence-electron chi connectivity index (χ4n) is 5.51. The van der Waals surface area contributed by atoms with Crippen LogP contribution in [0.2, 0.25) is 4.34 Å². The summed E-state index contributed by atoms with van der Waals surface area (Å²) in [6, 6.07) is 6.07. The number of ether oxygens (including phenoxy) is 1. The van der Waals surface area contributed by atoms with E-state index in [2.05, 4.69) is 28.6 Å². The number of sulfonamides is 1. The average molecular weight is 782 g/mol. The summed E-state index contributed by atoms with van der Waals surface area (Å²) < 4.78 is 88.6. The van der Waals surface area contributed by atoms with Crippen LogP contribution >= 0.6 is 22.9 Å². The van der Waals surface area contributed by atoms with E-state index < -0.39 is 44.8 Å². The second-order valence-corrected chi connectivity index (χ2v) is 15.3. The van der Waals surface area contributed by atoms with E-state index in [0.29, 0.717) is 67.4 Å². The van der Waals surface area contributed by atoms with Crippen molar-refractivity contribution in [2.24, 2.45) is 0 Å². The van der Waals surface area contributed by atoms with Gasteiger partial charge in [-0.1, -0.05) is 16.8 Å². The maximum Gasteiger partial charge on any atom is 0.490 e. The third kappa shape index (κ3) is 10.2. The van der Waals surface area contributed by atoms with Crippen molar-refractivity contribution in [1.82, 2.24) is 19.7 Å². The van der Waals surface area contributed by atoms with Gasteiger partial charge in [0.05, 0.1) is 27.7 Å². The van der Waals surface area contributed by atoms with Crippen LogP contribution in [0, 0.1) is 5.82 Å². The van der Waals surface area contributed by atoms with Gasteiger partial charge in [0.1, 0.15) is 16.8 Å². The zero-order valence-electron chi connectivity index (χ0n) is 27.7. The largest absolute Gasteiger partial charge is 0.493 e. The lowest BCUT2D eigenvalue weighted by molar-refractivity contribution is -0.192. The first-order valence-corrected chi connectivity index (χ1v) is 18.3. The van der Waals surface area contributed by atoms with Crippen molar-refractivity contribution in [2.75, 3.05) is 44.7 Å². The summed E-state index contributed by atoms with van der Waals surface area (Å²) >= 11 is 7.35. The third-order valence-corrected chi connectivity index (χ3v) is 10.8. The maximum absolute atomic E-state index is 15.0. The summed E-state index contributed by atoms with van der Waals surface area (Å²) in [5.74, 6) is -4.06. The number of hydrogen-bond donors (Lipinski definition) is 2. The number of aromatic nitrogens is 1. The van der Waals surface area contributed by atoms with Gasteiger partial charge in [0.15, 0.2) is 11.5 Å². The predicted octanol–water partition coefficient (Wildman–Crippen LogP) is 4.80. The molecule has 3 aromatic rings. The zero-order valence-corrected chi connectivity index (χ0v) is 30.1. The number of anilines is 1. The van der Waals surface area contributed by atoms with E-state index in [1.165, 1.54) is 23.3 Å². The lowest BCUT2D eigenvalue weighted by Gasteiger charge is -2.38. The fraction of sp³-hybridized carbons (Fsp3) is 0.484. The van der Waals surface area contributed by atoms with Gasteiger partial charge in [0.2, 0.25) is 21.8 Å². The van der Waals surface area contributed by atoms with Gasteiger partial charge in [-0.25, -0.2) is 17.6 Å². The minimum Gasteiger partial charge on any atom is -0.493 e. The molecule has 280 valence electrons. The molecular weight excluding hydrogens is 746 g/mol. The van der Waals surface area contributed by atoms with Crippen molar-refractivity contribution in [3.63, 3.8) is 0 Å². The number of nitrogens with zero attached hydrogens (tertiary/aromatic N) is 4. The van der Waals surface area contributed by atoms with Gasteiger partial charge < -0.3 is 24.2 Å². The molecule has 0 aliphatic carbocycles. The Bertz CT molecular complexity index is 1830. The Morgan fingerprint density at radius 2 is 1.78 bits per heavy atom. The van der Waals surface area contributed by atoms with Crippen LogP contribution in [0.3, 0.4) is 0 Å². The number of amides is 2. The third-order valence-electron chi connectivity index (χ3n) is 8.09. The Morgan fingerprint density at radius 3 is 2.33 bits per heavy atom. The molecule has 51 heavy (non-hydrogen) atoms. The quantitative estimate of drug-likeness (QED) is 0.274. The van der Waals surface area contributed by atoms with Gasteiger partial charge in [-0.2, -0.15) is 17.9 Å². The summed E-state index contributed by atoms with van der Waals surface area (Å²) in [5.41, 5.74) is 0.373. The Labute approximate surface area is 300 Å². The van der Waals surface area contributed by atoms with Gasteiger partial charge >= 0.3 is 12.1 Å². The van der Waals surface area contributed by atoms with Crippen LogP contribution in [0.25, 0.3) is 10.6 Å². The number of carbonyl (C=O) groups is 3. The van der Waals surface area contributed by atoms with Crippen molar-refractivity contribution in [2.45, 2.75) is 62.7 Å². The topological polar surface area (TPSA) is 163 Å². The van der Waals surface area contributed by atoms with E-state index in [1.807, 2.05) is 0 Å². The van der Waals surface area contributed by atoms with Crippen LogP contribution in [0.15, 0.2) is 39.8 Å². The van der Waals surface area contributed by atoms with Crippen LogP contribution in [0.1, 0.15) is 38.8 Å². The number of carboxylic acids is 1. The number of benzene rings is 1. The molecule has 1 atom stereocenters. The molecule has 2 N–H and O–H groups in total. The van der Waals surface area contributed by atoms with E-state index >= 15 is 0 Å². The van der Waals surface area contributed by atoms with Crippen molar-refractivity contribution >= 4 is 56.4 Å². The monoisotopic (exact) mass is 781 g/mol. The lowest BCUT2D eigenvalue weighted by Crippen LogP contribution is -2.56. The van der Waals surface area contributed by atoms with E-state index in [0.717, 1.165) is 17.0 Å². The summed E-state index contributed by atoms with van der Waals surface area (Å²) in [4.78, 5) is 40.9. The van der Waals surface area contributed by atoms with Gasteiger partial charge in [-0.3, -0.25) is 14.5 Å². The molecule has 2 saturated heterocycles. The van der Waals surface area contributed by atoms with Crippen LogP contribution in [-0.4, -0.2) is 104 Å². The van der Waals surface area contributed by atoms with Gasteiger partial charge in [0.25, 0.3) is 0 Å². The number of rotatable bonds is 10. The van der Waals surface area contributed by atoms with Crippen LogP contribution in [0.4, 0.5) is 23.2 Å². The highest BCUT2D eigenvalue weighted by atomic mass is 35.5. The molecular formula is C31H36ClF4N5O8S2. The minimum absolute atomic E-state index is 0.0287. The molecule has 0 saturated carbocycles. The molecule has 0 radical (unpaired) electrons. The number of piperazine rings is 1. The molecule has 4 heterocycles. The Balaban J connectivity index is 0.000000755. The number of carbonyl (C=O) groups excluding carboxylic acids is 2. The van der Waals surface area contributed by atoms with Crippen LogP contribution in [0.5, 0.6) is 5.75 Å². The number of nitrogens with one attached hydrogen (secondary N) is 1. The molecule has 2 aromatic heterocycles. The highest BCUT2D eigenvalue weighted by molar-refractivity contribution is 7.89. The molecule has 2 amide bonds. The SMILES string of the molecule is COc1c(N2CCCCC2=O)cc(F)cc1S(=O)(=O)N[C@@H](Cc1cc(-c2ccc(Cl)s2)on1)C(=O)N1CCN(C(C)C)CC1.O=C(O)C(F)(F)F. The van der Waals surface area contributed by atoms with E-state index in [-0.39, 0.29) is 30.2 Å². The average Bonchev–Trinajstić information content (AvgIpc) is 3.72. The Hall–Kier alpha value is -3.78. The van der Waals surface area contributed by atoms with Crippen molar-refractivity contribution in [1.29, 1.82) is 0 Å². The maximum atomic E-state index is 15.0. The number of carboxylic acid groups (broad SMARTS) is 1. The molecule has 0 unspecified atom stereocenters. The molecule has 1 aromatic carbocycles. The van der Waals surface area contributed by atoms with Crippen molar-refractivity contribution in [3.8, 4) is 16.4 Å². The van der Waals surface area contributed by atoms with Crippen molar-refractivity contribution in [3.05, 3.63) is 46.2 Å². The standard InChI is InChI=1S/C29H35ClFN5O6S2.C2HF3O2/c1-18(2)34-10-12-35(13-11-34)29(38)21(16-20-17-23(42-32-20)24-7-8-26(30)43-24)33-44(39,40)25-15-19(31)14-22(28(25)41-3)36-9-5-4-6-27(36)37;3-2(4,5)1(6)7/h7-8,14-15,17-18,21,33H,4-6,9-13,16H2,1-3H3;(H,6,7)/t21-;/m0./s1. The normalized spacial score (nSPS) is 16.5. The van der Waals surface area contributed by atoms with E-state index in [1.54, 1.807) is 23.1 Å². The number of halogens is 5. The summed E-state index contributed by atoms with van der Waals surface area (Å²) in [6.45, 7) is 6.57. The number of aliphatic carboxylic acids is 1. The molecule has 0 bridgehead atoms. The first-order valence-electron chi connectivity index (χ1n) is 15.7. The van der Waals surface area contributed by atoms with E-state index in [9.17, 15) is 35.6 Å². The summed E-state index contributed by atoms with van der Waals surface area (Å²) in [6.07, 6.45) is -3.57. The molecule has 2 aliphatic rings. The number of alkyl halides is 3. The number of piperidine rings is 1. The molecule has 5 rings (SSSR count). The Morgan fingerprint density at radius 1 is 1.12 bits per heavy atom. The lowest BCUT2D eigenvalue weighted by atomic mass is 10.1.